The van der Waals surface area contributed by atoms with E-state index in [-0.39, 0.29) is 12.5 Å². The molecule has 2 aromatic heterocycles. The number of carbonyl (C=O) groups excluding carboxylic acids is 1. The number of benzene rings is 2. The number of ether oxygens (including phenoxy) is 3. The van der Waals surface area contributed by atoms with Crippen LogP contribution in [0.5, 0.6) is 17.6 Å². The minimum Gasteiger partial charge on any atom is -0.481 e. The summed E-state index contributed by atoms with van der Waals surface area (Å²) in [7, 11) is 3.17. The fraction of sp³-hybridized carbons (Fsp3) is 0.385. The zero-order valence-corrected chi connectivity index (χ0v) is 29.8. The molecule has 2 heterocycles. The first-order valence-corrected chi connectivity index (χ1v) is 17.8. The van der Waals surface area contributed by atoms with Gasteiger partial charge in [-0.15, -0.1) is 0 Å². The monoisotopic (exact) mass is 717 g/mol. The highest BCUT2D eigenvalue weighted by Crippen LogP contribution is 2.44. The fourth-order valence-corrected chi connectivity index (χ4v) is 7.54. The summed E-state index contributed by atoms with van der Waals surface area (Å²) in [5.41, 5.74) is 7.43. The first-order valence-electron chi connectivity index (χ1n) is 17.0. The lowest BCUT2D eigenvalue weighted by Crippen LogP contribution is -2.21. The van der Waals surface area contributed by atoms with Gasteiger partial charge in [0.05, 0.1) is 24.9 Å². The number of fused-ring (bicyclic) bond motifs is 1. The van der Waals surface area contributed by atoms with Crippen LogP contribution in [0, 0.1) is 5.92 Å². The third-order valence-electron chi connectivity index (χ3n) is 9.53. The molecule has 2 aliphatic rings. The van der Waals surface area contributed by atoms with Gasteiger partial charge in [-0.25, -0.2) is 4.98 Å². The standard InChI is InChI=1S/C39H41Cl2N3O6/c1-48-37-24(7-3-4-12-35(46)47)20-32(40)39(44-37)50-34-18-16-28-27(8-5-9-29(28)34)30-10-6-11-31(36(30)41)33-17-14-25(38(43-33)49-2)22-42-21-23-13-15-26(45)19-23/h5-6,8-11,14,17,20,23,34,42H,3-4,7,12-13,15-16,18-19,21-22H2,1-2H3,(H,46,47)/t23-,34+/m1/s1. The summed E-state index contributed by atoms with van der Waals surface area (Å²) in [4.78, 5) is 31.9. The van der Waals surface area contributed by atoms with Crippen LogP contribution in [-0.2, 0) is 29.0 Å². The van der Waals surface area contributed by atoms with Crippen molar-refractivity contribution < 1.29 is 28.9 Å². The summed E-state index contributed by atoms with van der Waals surface area (Å²) in [6.45, 7) is 1.39. The van der Waals surface area contributed by atoms with Crippen molar-refractivity contribution in [1.29, 1.82) is 0 Å². The maximum Gasteiger partial charge on any atom is 0.303 e. The Hall–Kier alpha value is -4.18. The molecule has 0 radical (unpaired) electrons. The van der Waals surface area contributed by atoms with Crippen LogP contribution in [0.15, 0.2) is 54.6 Å². The van der Waals surface area contributed by atoms with Gasteiger partial charge in [-0.1, -0.05) is 65.7 Å². The lowest BCUT2D eigenvalue weighted by Gasteiger charge is -2.18. The number of carbonyl (C=O) groups is 2. The Morgan fingerprint density at radius 2 is 1.66 bits per heavy atom. The number of nitrogens with zero attached hydrogens (tertiary/aromatic N) is 2. The molecule has 2 N–H and O–H groups in total. The van der Waals surface area contributed by atoms with Gasteiger partial charge < -0.3 is 24.6 Å². The Balaban J connectivity index is 1.19. The van der Waals surface area contributed by atoms with E-state index in [0.29, 0.717) is 83.7 Å². The zero-order valence-electron chi connectivity index (χ0n) is 28.3. The van der Waals surface area contributed by atoms with Crippen molar-refractivity contribution in [2.45, 2.75) is 70.4 Å². The summed E-state index contributed by atoms with van der Waals surface area (Å²) in [6.07, 6.45) is 5.52. The van der Waals surface area contributed by atoms with E-state index in [9.17, 15) is 9.59 Å². The van der Waals surface area contributed by atoms with Crippen LogP contribution in [0.25, 0.3) is 22.4 Å². The summed E-state index contributed by atoms with van der Waals surface area (Å²) in [6, 6.07) is 17.9. The van der Waals surface area contributed by atoms with E-state index < -0.39 is 5.97 Å². The number of halogens is 2. The van der Waals surface area contributed by atoms with Crippen LogP contribution >= 0.6 is 23.2 Å². The van der Waals surface area contributed by atoms with Crippen molar-refractivity contribution in [2.24, 2.45) is 5.92 Å². The van der Waals surface area contributed by atoms with E-state index in [2.05, 4.69) is 22.4 Å². The van der Waals surface area contributed by atoms with Gasteiger partial charge in [-0.2, -0.15) is 4.98 Å². The summed E-state index contributed by atoms with van der Waals surface area (Å²) in [5, 5.41) is 13.4. The number of carboxylic acid groups (broad SMARTS) is 1. The molecule has 1 saturated carbocycles. The van der Waals surface area contributed by atoms with Gasteiger partial charge in [0.1, 0.15) is 16.9 Å². The number of ketones is 1. The molecule has 50 heavy (non-hydrogen) atoms. The second-order valence-electron chi connectivity index (χ2n) is 12.9. The highest BCUT2D eigenvalue weighted by molar-refractivity contribution is 6.36. The van der Waals surface area contributed by atoms with Gasteiger partial charge in [-0.3, -0.25) is 9.59 Å². The maximum absolute atomic E-state index is 11.6. The van der Waals surface area contributed by atoms with Crippen molar-refractivity contribution in [1.82, 2.24) is 15.3 Å². The first-order chi connectivity index (χ1) is 24.2. The van der Waals surface area contributed by atoms with Crippen LogP contribution in [0.2, 0.25) is 10.0 Å². The number of Topliss-reactive ketones (excluding diaryl/α,β-unsaturated/α-hetero) is 1. The second kappa shape index (κ2) is 16.2. The summed E-state index contributed by atoms with van der Waals surface area (Å²) >= 11 is 13.8. The molecule has 4 aromatic rings. The predicted molar refractivity (Wildman–Crippen MR) is 193 cm³/mol. The van der Waals surface area contributed by atoms with Gasteiger partial charge >= 0.3 is 5.97 Å². The minimum atomic E-state index is -0.811. The maximum atomic E-state index is 11.6. The molecule has 6 rings (SSSR count). The van der Waals surface area contributed by atoms with Crippen LogP contribution in [0.1, 0.15) is 73.3 Å². The third-order valence-corrected chi connectivity index (χ3v) is 10.2. The van der Waals surface area contributed by atoms with Gasteiger partial charge in [0.15, 0.2) is 0 Å². The molecule has 262 valence electrons. The Kier molecular flexibility index (Phi) is 11.6. The van der Waals surface area contributed by atoms with Crippen LogP contribution < -0.4 is 19.5 Å². The third kappa shape index (κ3) is 8.06. The van der Waals surface area contributed by atoms with E-state index in [1.807, 2.05) is 36.4 Å². The number of rotatable bonds is 15. The quantitative estimate of drug-likeness (QED) is 0.117. The van der Waals surface area contributed by atoms with E-state index in [0.717, 1.165) is 64.8 Å². The van der Waals surface area contributed by atoms with Crippen molar-refractivity contribution in [3.05, 3.63) is 86.9 Å². The minimum absolute atomic E-state index is 0.117. The predicted octanol–water partition coefficient (Wildman–Crippen LogP) is 8.46. The molecular weight excluding hydrogens is 677 g/mol. The topological polar surface area (TPSA) is 120 Å². The molecule has 9 nitrogen and oxygen atoms in total. The average molecular weight is 719 g/mol. The number of hydrogen-bond acceptors (Lipinski definition) is 8. The Morgan fingerprint density at radius 3 is 2.42 bits per heavy atom. The molecule has 0 saturated heterocycles. The number of aryl methyl sites for hydroxylation is 1. The zero-order chi connectivity index (χ0) is 35.2. The van der Waals surface area contributed by atoms with E-state index in [4.69, 9.17) is 47.5 Å². The number of pyridine rings is 2. The number of carboxylic acids is 1. The van der Waals surface area contributed by atoms with Gasteiger partial charge in [0, 0.05) is 48.1 Å². The number of unbranched alkanes of at least 4 members (excludes halogenated alkanes) is 1. The number of methoxy groups -OCH3 is 2. The molecule has 2 aliphatic carbocycles. The van der Waals surface area contributed by atoms with E-state index in [1.54, 1.807) is 20.3 Å². The van der Waals surface area contributed by atoms with E-state index in [1.165, 1.54) is 0 Å². The molecule has 0 spiro atoms. The van der Waals surface area contributed by atoms with Crippen molar-refractivity contribution >= 4 is 35.0 Å². The fourth-order valence-electron chi connectivity index (χ4n) is 6.99. The molecule has 0 bridgehead atoms. The number of nitrogens with one attached hydrogen (secondary N) is 1. The average Bonchev–Trinajstić information content (AvgIpc) is 3.73. The van der Waals surface area contributed by atoms with E-state index >= 15 is 0 Å². The van der Waals surface area contributed by atoms with Crippen LogP contribution in [0.4, 0.5) is 0 Å². The van der Waals surface area contributed by atoms with Crippen molar-refractivity contribution in [3.63, 3.8) is 0 Å². The molecule has 11 heteroatoms. The Morgan fingerprint density at radius 1 is 0.900 bits per heavy atom. The molecule has 0 unspecified atom stereocenters. The lowest BCUT2D eigenvalue weighted by molar-refractivity contribution is -0.137. The number of aromatic nitrogens is 2. The van der Waals surface area contributed by atoms with Gasteiger partial charge in [-0.05, 0) is 79.8 Å². The summed E-state index contributed by atoms with van der Waals surface area (Å²) < 4.78 is 17.6. The molecule has 2 atom stereocenters. The van der Waals surface area contributed by atoms with Crippen molar-refractivity contribution in [3.8, 4) is 40.0 Å². The van der Waals surface area contributed by atoms with Gasteiger partial charge in [0.2, 0.25) is 17.6 Å². The van der Waals surface area contributed by atoms with Crippen LogP contribution in [-0.4, -0.2) is 47.6 Å². The smallest absolute Gasteiger partial charge is 0.303 e. The Bertz CT molecular complexity index is 1880. The molecule has 1 fully saturated rings. The number of hydrogen-bond donors (Lipinski definition) is 2. The molecular formula is C39H41Cl2N3O6. The molecule has 0 amide bonds. The largest absolute Gasteiger partial charge is 0.481 e. The highest BCUT2D eigenvalue weighted by Gasteiger charge is 2.29. The SMILES string of the molecule is COc1nc(-c2cccc(-c3cccc4c3CC[C@@H]4Oc3nc(OC)c(CCCCC(=O)O)cc3Cl)c2Cl)ccc1CNC[C@@H]1CCC(=O)C1. The molecule has 0 aliphatic heterocycles. The van der Waals surface area contributed by atoms with Gasteiger partial charge in [0.25, 0.3) is 0 Å². The molecule has 2 aromatic carbocycles. The summed E-state index contributed by atoms with van der Waals surface area (Å²) in [5.74, 6) is 1.19. The first kappa shape index (κ1) is 35.6. The number of aliphatic carboxylic acids is 1. The Labute approximate surface area is 302 Å². The lowest BCUT2D eigenvalue weighted by atomic mass is 9.94. The van der Waals surface area contributed by atoms with Crippen LogP contribution in [0.3, 0.4) is 0 Å². The second-order valence-corrected chi connectivity index (χ2v) is 13.7. The normalized spacial score (nSPS) is 16.8. The van der Waals surface area contributed by atoms with Crippen molar-refractivity contribution in [2.75, 3.05) is 20.8 Å². The highest BCUT2D eigenvalue weighted by atomic mass is 35.5.